The summed E-state index contributed by atoms with van der Waals surface area (Å²) in [5, 5.41) is 1.20. The third kappa shape index (κ3) is 2.95. The van der Waals surface area contributed by atoms with E-state index in [9.17, 15) is 4.79 Å². The SMILES string of the molecule is CC(C)c1ccc2c(ccn2CC(=O)N2CCOCC2)c1. The molecule has 21 heavy (non-hydrogen) atoms. The molecule has 3 rings (SSSR count). The van der Waals surface area contributed by atoms with Crippen molar-refractivity contribution in [2.24, 2.45) is 0 Å². The van der Waals surface area contributed by atoms with Gasteiger partial charge in [-0.3, -0.25) is 4.79 Å². The van der Waals surface area contributed by atoms with Gasteiger partial charge in [0.2, 0.25) is 5.91 Å². The maximum Gasteiger partial charge on any atom is 0.242 e. The molecule has 2 aromatic rings. The van der Waals surface area contributed by atoms with Crippen LogP contribution in [0.3, 0.4) is 0 Å². The van der Waals surface area contributed by atoms with E-state index in [1.54, 1.807) is 0 Å². The standard InChI is InChI=1S/C17H22N2O2/c1-13(2)14-3-4-16-15(11-14)5-6-19(16)12-17(20)18-7-9-21-10-8-18/h3-6,11,13H,7-10,12H2,1-2H3. The zero-order valence-electron chi connectivity index (χ0n) is 12.7. The van der Waals surface area contributed by atoms with Gasteiger partial charge in [-0.25, -0.2) is 0 Å². The van der Waals surface area contributed by atoms with Crippen LogP contribution in [-0.4, -0.2) is 41.7 Å². The molecular formula is C17H22N2O2. The summed E-state index contributed by atoms with van der Waals surface area (Å²) >= 11 is 0. The molecule has 0 unspecified atom stereocenters. The van der Waals surface area contributed by atoms with Crippen LogP contribution in [0.25, 0.3) is 10.9 Å². The Morgan fingerprint density at radius 1 is 1.24 bits per heavy atom. The first-order valence-corrected chi connectivity index (χ1v) is 7.59. The predicted octanol–water partition coefficient (Wildman–Crippen LogP) is 2.62. The number of aromatic nitrogens is 1. The summed E-state index contributed by atoms with van der Waals surface area (Å²) < 4.78 is 7.33. The molecule has 0 radical (unpaired) electrons. The largest absolute Gasteiger partial charge is 0.378 e. The fourth-order valence-corrected chi connectivity index (χ4v) is 2.77. The van der Waals surface area contributed by atoms with Gasteiger partial charge in [0, 0.05) is 24.8 Å². The number of morpholine rings is 1. The molecule has 0 saturated carbocycles. The molecule has 1 aromatic carbocycles. The first-order chi connectivity index (χ1) is 10.1. The van der Waals surface area contributed by atoms with Gasteiger partial charge >= 0.3 is 0 Å². The topological polar surface area (TPSA) is 34.5 Å². The van der Waals surface area contributed by atoms with E-state index >= 15 is 0 Å². The minimum Gasteiger partial charge on any atom is -0.378 e. The van der Waals surface area contributed by atoms with Crippen LogP contribution < -0.4 is 0 Å². The van der Waals surface area contributed by atoms with E-state index in [1.807, 2.05) is 15.7 Å². The summed E-state index contributed by atoms with van der Waals surface area (Å²) in [5.41, 5.74) is 2.46. The van der Waals surface area contributed by atoms with Crippen molar-refractivity contribution in [3.05, 3.63) is 36.0 Å². The van der Waals surface area contributed by atoms with Crippen LogP contribution in [0.15, 0.2) is 30.5 Å². The summed E-state index contributed by atoms with van der Waals surface area (Å²) in [6.07, 6.45) is 2.01. The van der Waals surface area contributed by atoms with Gasteiger partial charge in [0.1, 0.15) is 6.54 Å². The second kappa shape index (κ2) is 5.90. The number of nitrogens with zero attached hydrogens (tertiary/aromatic N) is 2. The Morgan fingerprint density at radius 3 is 2.71 bits per heavy atom. The van der Waals surface area contributed by atoms with Crippen molar-refractivity contribution in [1.29, 1.82) is 0 Å². The van der Waals surface area contributed by atoms with Gasteiger partial charge in [0.25, 0.3) is 0 Å². The minimum absolute atomic E-state index is 0.170. The number of benzene rings is 1. The highest BCUT2D eigenvalue weighted by molar-refractivity contribution is 5.84. The molecule has 1 saturated heterocycles. The van der Waals surface area contributed by atoms with Gasteiger partial charge in [-0.15, -0.1) is 0 Å². The van der Waals surface area contributed by atoms with Crippen LogP contribution >= 0.6 is 0 Å². The Kier molecular flexibility index (Phi) is 3.97. The number of carbonyl (C=O) groups excluding carboxylic acids is 1. The molecule has 1 fully saturated rings. The Labute approximate surface area is 125 Å². The smallest absolute Gasteiger partial charge is 0.242 e. The average molecular weight is 286 g/mol. The second-order valence-corrected chi connectivity index (χ2v) is 5.91. The minimum atomic E-state index is 0.170. The van der Waals surface area contributed by atoms with Gasteiger partial charge in [-0.05, 0) is 35.1 Å². The Bertz CT molecular complexity index is 639. The first kappa shape index (κ1) is 14.1. The van der Waals surface area contributed by atoms with Crippen LogP contribution in [0.5, 0.6) is 0 Å². The highest BCUT2D eigenvalue weighted by Crippen LogP contribution is 2.22. The molecular weight excluding hydrogens is 264 g/mol. The van der Waals surface area contributed by atoms with Crippen LogP contribution in [-0.2, 0) is 16.1 Å². The number of amides is 1. The monoisotopic (exact) mass is 286 g/mol. The van der Waals surface area contributed by atoms with Crippen LogP contribution in [0.4, 0.5) is 0 Å². The molecule has 1 aromatic heterocycles. The molecule has 112 valence electrons. The van der Waals surface area contributed by atoms with E-state index in [4.69, 9.17) is 4.74 Å². The number of carbonyl (C=O) groups is 1. The number of hydrogen-bond donors (Lipinski definition) is 0. The van der Waals surface area contributed by atoms with E-state index in [-0.39, 0.29) is 5.91 Å². The van der Waals surface area contributed by atoms with Crippen LogP contribution in [0.2, 0.25) is 0 Å². The molecule has 1 aliphatic rings. The molecule has 0 spiro atoms. The summed E-state index contributed by atoms with van der Waals surface area (Å²) in [4.78, 5) is 14.2. The molecule has 4 heteroatoms. The lowest BCUT2D eigenvalue weighted by atomic mass is 10.0. The highest BCUT2D eigenvalue weighted by atomic mass is 16.5. The highest BCUT2D eigenvalue weighted by Gasteiger charge is 2.17. The third-order valence-electron chi connectivity index (χ3n) is 4.13. The van der Waals surface area contributed by atoms with Crippen molar-refractivity contribution in [3.8, 4) is 0 Å². The Morgan fingerprint density at radius 2 is 2.00 bits per heavy atom. The lowest BCUT2D eigenvalue weighted by molar-refractivity contribution is -0.135. The molecule has 0 atom stereocenters. The second-order valence-electron chi connectivity index (χ2n) is 5.91. The van der Waals surface area contributed by atoms with E-state index in [0.29, 0.717) is 38.8 Å². The van der Waals surface area contributed by atoms with Gasteiger partial charge in [0.05, 0.1) is 13.2 Å². The number of fused-ring (bicyclic) bond motifs is 1. The maximum absolute atomic E-state index is 12.3. The van der Waals surface area contributed by atoms with E-state index in [2.05, 4.69) is 38.1 Å². The molecule has 4 nitrogen and oxygen atoms in total. The van der Waals surface area contributed by atoms with Crippen molar-refractivity contribution in [3.63, 3.8) is 0 Å². The van der Waals surface area contributed by atoms with Crippen LogP contribution in [0, 0.1) is 0 Å². The van der Waals surface area contributed by atoms with Gasteiger partial charge in [-0.1, -0.05) is 19.9 Å². The average Bonchev–Trinajstić information content (AvgIpc) is 2.90. The van der Waals surface area contributed by atoms with Crippen molar-refractivity contribution < 1.29 is 9.53 Å². The summed E-state index contributed by atoms with van der Waals surface area (Å²) in [7, 11) is 0. The molecule has 0 N–H and O–H groups in total. The fourth-order valence-electron chi connectivity index (χ4n) is 2.77. The Hall–Kier alpha value is -1.81. The van der Waals surface area contributed by atoms with E-state index in [0.717, 1.165) is 5.52 Å². The maximum atomic E-state index is 12.3. The first-order valence-electron chi connectivity index (χ1n) is 7.59. The van der Waals surface area contributed by atoms with Gasteiger partial charge in [-0.2, -0.15) is 0 Å². The molecule has 0 aliphatic carbocycles. The van der Waals surface area contributed by atoms with Crippen molar-refractivity contribution in [2.45, 2.75) is 26.3 Å². The fraction of sp³-hybridized carbons (Fsp3) is 0.471. The van der Waals surface area contributed by atoms with Crippen LogP contribution in [0.1, 0.15) is 25.3 Å². The lowest BCUT2D eigenvalue weighted by Gasteiger charge is -2.27. The molecule has 2 heterocycles. The normalized spacial score (nSPS) is 15.9. The van der Waals surface area contributed by atoms with Gasteiger partial charge < -0.3 is 14.2 Å². The quantitative estimate of drug-likeness (QED) is 0.869. The number of hydrogen-bond acceptors (Lipinski definition) is 2. The van der Waals surface area contributed by atoms with Crippen molar-refractivity contribution in [2.75, 3.05) is 26.3 Å². The summed E-state index contributed by atoms with van der Waals surface area (Å²) in [6.45, 7) is 7.50. The third-order valence-corrected chi connectivity index (χ3v) is 4.13. The molecule has 1 aliphatic heterocycles. The van der Waals surface area contributed by atoms with E-state index in [1.165, 1.54) is 10.9 Å². The van der Waals surface area contributed by atoms with Crippen molar-refractivity contribution >= 4 is 16.8 Å². The van der Waals surface area contributed by atoms with Crippen molar-refractivity contribution in [1.82, 2.24) is 9.47 Å². The summed E-state index contributed by atoms with van der Waals surface area (Å²) in [5.74, 6) is 0.691. The van der Waals surface area contributed by atoms with Gasteiger partial charge in [0.15, 0.2) is 0 Å². The molecule has 1 amide bonds. The molecule has 0 bridgehead atoms. The predicted molar refractivity (Wildman–Crippen MR) is 83.4 cm³/mol. The Balaban J connectivity index is 1.79. The number of ether oxygens (including phenoxy) is 1. The summed E-state index contributed by atoms with van der Waals surface area (Å²) in [6, 6.07) is 8.59. The van der Waals surface area contributed by atoms with E-state index < -0.39 is 0 Å². The lowest BCUT2D eigenvalue weighted by Crippen LogP contribution is -2.42. The zero-order valence-corrected chi connectivity index (χ0v) is 12.7. The zero-order chi connectivity index (χ0) is 14.8. The number of rotatable bonds is 3.